The van der Waals surface area contributed by atoms with Crippen molar-refractivity contribution in [1.82, 2.24) is 0 Å². The molecule has 0 aliphatic rings. The summed E-state index contributed by atoms with van der Waals surface area (Å²) in [4.78, 5) is 22.6. The lowest BCUT2D eigenvalue weighted by Crippen LogP contribution is -2.13. The van der Waals surface area contributed by atoms with Crippen LogP contribution in [0.4, 0.5) is 0 Å². The molecule has 0 heterocycles. The molecule has 0 spiro atoms. The number of ether oxygens (including phenoxy) is 1. The lowest BCUT2D eigenvalue weighted by Gasteiger charge is -2.04. The third-order valence-corrected chi connectivity index (χ3v) is 2.28. The van der Waals surface area contributed by atoms with Crippen molar-refractivity contribution < 1.29 is 14.3 Å². The number of benzene rings is 1. The van der Waals surface area contributed by atoms with E-state index in [1.807, 2.05) is 6.92 Å². The van der Waals surface area contributed by atoms with E-state index in [1.165, 1.54) is 0 Å². The van der Waals surface area contributed by atoms with Crippen LogP contribution in [-0.4, -0.2) is 24.9 Å². The van der Waals surface area contributed by atoms with Crippen LogP contribution in [0.3, 0.4) is 0 Å². The number of ketones is 1. The molecule has 0 aliphatic heterocycles. The average Bonchev–Trinajstić information content (AvgIpc) is 2.36. The molecule has 0 saturated heterocycles. The van der Waals surface area contributed by atoms with E-state index in [9.17, 15) is 9.59 Å². The van der Waals surface area contributed by atoms with Gasteiger partial charge in [-0.3, -0.25) is 9.59 Å². The second kappa shape index (κ2) is 8.66. The lowest BCUT2D eigenvalue weighted by atomic mass is 10.1. The highest BCUT2D eigenvalue weighted by Crippen LogP contribution is 2.06. The molecule has 0 radical (unpaired) electrons. The van der Waals surface area contributed by atoms with Gasteiger partial charge in [-0.15, -0.1) is 12.4 Å². The Morgan fingerprint density at radius 2 is 1.83 bits per heavy atom. The van der Waals surface area contributed by atoms with Gasteiger partial charge in [-0.1, -0.05) is 31.2 Å². The van der Waals surface area contributed by atoms with Gasteiger partial charge in [-0.05, 0) is 12.0 Å². The predicted molar refractivity (Wildman–Crippen MR) is 72.0 cm³/mol. The first-order valence-electron chi connectivity index (χ1n) is 5.65. The van der Waals surface area contributed by atoms with Crippen molar-refractivity contribution in [1.29, 1.82) is 0 Å². The summed E-state index contributed by atoms with van der Waals surface area (Å²) in [6, 6.07) is 6.85. The molecule has 0 bridgehead atoms. The maximum absolute atomic E-state index is 11.3. The van der Waals surface area contributed by atoms with Crippen LogP contribution in [0.1, 0.15) is 29.3 Å². The normalized spacial score (nSPS) is 9.44. The van der Waals surface area contributed by atoms with Crippen LogP contribution in [0.25, 0.3) is 0 Å². The maximum atomic E-state index is 11.3. The first kappa shape index (κ1) is 16.6. The largest absolute Gasteiger partial charge is 0.465 e. The summed E-state index contributed by atoms with van der Waals surface area (Å²) in [7, 11) is 0. The van der Waals surface area contributed by atoms with E-state index in [0.717, 1.165) is 12.0 Å². The van der Waals surface area contributed by atoms with Gasteiger partial charge in [0.1, 0.15) is 0 Å². The molecule has 0 saturated carbocycles. The SMILES string of the molecule is CCCOC(=O)Cc1ccc(C(=O)CN)cc1.Cl. The Labute approximate surface area is 113 Å². The van der Waals surface area contributed by atoms with Crippen LogP contribution in [0.15, 0.2) is 24.3 Å². The molecule has 18 heavy (non-hydrogen) atoms. The molecule has 0 aromatic heterocycles. The number of Topliss-reactive ketones (excluding diaryl/α,β-unsaturated/α-hetero) is 1. The number of hydrogen-bond acceptors (Lipinski definition) is 4. The topological polar surface area (TPSA) is 69.4 Å². The summed E-state index contributed by atoms with van der Waals surface area (Å²) in [5.41, 5.74) is 6.65. The summed E-state index contributed by atoms with van der Waals surface area (Å²) in [5.74, 6) is -0.352. The summed E-state index contributed by atoms with van der Waals surface area (Å²) in [5, 5.41) is 0. The van der Waals surface area contributed by atoms with E-state index in [4.69, 9.17) is 10.5 Å². The first-order chi connectivity index (χ1) is 8.17. The third kappa shape index (κ3) is 5.29. The zero-order valence-corrected chi connectivity index (χ0v) is 11.2. The molecule has 0 amide bonds. The Bertz CT molecular complexity index is 390. The van der Waals surface area contributed by atoms with Crippen molar-refractivity contribution in [3.8, 4) is 0 Å². The Morgan fingerprint density at radius 1 is 1.22 bits per heavy atom. The fourth-order valence-electron chi connectivity index (χ4n) is 1.36. The quantitative estimate of drug-likeness (QED) is 0.632. The summed E-state index contributed by atoms with van der Waals surface area (Å²) in [6.07, 6.45) is 1.05. The molecular weight excluding hydrogens is 254 g/mol. The minimum atomic E-state index is -0.246. The van der Waals surface area contributed by atoms with Crippen molar-refractivity contribution in [3.63, 3.8) is 0 Å². The van der Waals surface area contributed by atoms with Gasteiger partial charge < -0.3 is 10.5 Å². The minimum Gasteiger partial charge on any atom is -0.465 e. The van der Waals surface area contributed by atoms with Gasteiger partial charge in [0.25, 0.3) is 0 Å². The second-order valence-corrected chi connectivity index (χ2v) is 3.72. The van der Waals surface area contributed by atoms with E-state index in [-0.39, 0.29) is 37.1 Å². The van der Waals surface area contributed by atoms with Crippen LogP contribution in [0.2, 0.25) is 0 Å². The van der Waals surface area contributed by atoms with Crippen LogP contribution in [0.5, 0.6) is 0 Å². The first-order valence-corrected chi connectivity index (χ1v) is 5.65. The zero-order valence-electron chi connectivity index (χ0n) is 10.3. The fraction of sp³-hybridized carbons (Fsp3) is 0.385. The number of esters is 1. The number of hydrogen-bond donors (Lipinski definition) is 1. The molecule has 1 rings (SSSR count). The fourth-order valence-corrected chi connectivity index (χ4v) is 1.36. The summed E-state index contributed by atoms with van der Waals surface area (Å²) in [6.45, 7) is 2.39. The van der Waals surface area contributed by atoms with Gasteiger partial charge in [-0.2, -0.15) is 0 Å². The minimum absolute atomic E-state index is 0. The van der Waals surface area contributed by atoms with Gasteiger partial charge in [0.15, 0.2) is 5.78 Å². The molecule has 0 fully saturated rings. The Morgan fingerprint density at radius 3 is 2.33 bits per heavy atom. The van der Waals surface area contributed by atoms with Gasteiger partial charge in [0.05, 0.1) is 19.6 Å². The highest BCUT2D eigenvalue weighted by molar-refractivity contribution is 5.97. The van der Waals surface area contributed by atoms with Gasteiger partial charge in [-0.25, -0.2) is 0 Å². The molecule has 1 aromatic carbocycles. The van der Waals surface area contributed by atoms with Crippen molar-refractivity contribution in [2.24, 2.45) is 5.73 Å². The highest BCUT2D eigenvalue weighted by Gasteiger charge is 2.06. The standard InChI is InChI=1S/C13H17NO3.ClH/c1-2-7-17-13(16)8-10-3-5-11(6-4-10)12(15)9-14;/h3-6H,2,7-9,14H2,1H3;1H. The van der Waals surface area contributed by atoms with E-state index in [1.54, 1.807) is 24.3 Å². The maximum Gasteiger partial charge on any atom is 0.310 e. The molecule has 2 N–H and O–H groups in total. The van der Waals surface area contributed by atoms with Crippen LogP contribution < -0.4 is 5.73 Å². The summed E-state index contributed by atoms with van der Waals surface area (Å²) >= 11 is 0. The van der Waals surface area contributed by atoms with Crippen molar-refractivity contribution in [2.45, 2.75) is 19.8 Å². The zero-order chi connectivity index (χ0) is 12.7. The van der Waals surface area contributed by atoms with E-state index in [2.05, 4.69) is 0 Å². The molecule has 5 heteroatoms. The smallest absolute Gasteiger partial charge is 0.310 e. The second-order valence-electron chi connectivity index (χ2n) is 3.72. The monoisotopic (exact) mass is 271 g/mol. The van der Waals surface area contributed by atoms with Crippen LogP contribution in [0, 0.1) is 0 Å². The van der Waals surface area contributed by atoms with Crippen molar-refractivity contribution in [2.75, 3.05) is 13.2 Å². The van der Waals surface area contributed by atoms with Gasteiger partial charge >= 0.3 is 5.97 Å². The van der Waals surface area contributed by atoms with E-state index >= 15 is 0 Å². The molecule has 1 aromatic rings. The third-order valence-electron chi connectivity index (χ3n) is 2.28. The number of halogens is 1. The molecular formula is C13H18ClNO3. The molecule has 0 atom stereocenters. The van der Waals surface area contributed by atoms with Crippen LogP contribution >= 0.6 is 12.4 Å². The average molecular weight is 272 g/mol. The molecule has 0 unspecified atom stereocenters. The van der Waals surface area contributed by atoms with Crippen LogP contribution in [-0.2, 0) is 16.0 Å². The molecule has 4 nitrogen and oxygen atoms in total. The number of carbonyl (C=O) groups excluding carboxylic acids is 2. The van der Waals surface area contributed by atoms with E-state index in [0.29, 0.717) is 12.2 Å². The summed E-state index contributed by atoms with van der Waals surface area (Å²) < 4.78 is 4.97. The Hall–Kier alpha value is -1.39. The van der Waals surface area contributed by atoms with E-state index < -0.39 is 0 Å². The van der Waals surface area contributed by atoms with Crippen molar-refractivity contribution in [3.05, 3.63) is 35.4 Å². The van der Waals surface area contributed by atoms with Gasteiger partial charge in [0.2, 0.25) is 0 Å². The Balaban J connectivity index is 0.00000289. The Kier molecular flexibility index (Phi) is 8.00. The number of nitrogens with two attached hydrogens (primary N) is 1. The lowest BCUT2D eigenvalue weighted by molar-refractivity contribution is -0.142. The number of rotatable bonds is 6. The molecule has 100 valence electrons. The molecule has 0 aliphatic carbocycles. The predicted octanol–water partition coefficient (Wildman–Crippen LogP) is 1.75. The number of carbonyl (C=O) groups is 2. The van der Waals surface area contributed by atoms with Gasteiger partial charge in [0, 0.05) is 5.56 Å². The highest BCUT2D eigenvalue weighted by atomic mass is 35.5. The van der Waals surface area contributed by atoms with Crippen molar-refractivity contribution >= 4 is 24.2 Å².